The number of benzene rings is 2. The van der Waals surface area contributed by atoms with Gasteiger partial charge in [0.2, 0.25) is 0 Å². The monoisotopic (exact) mass is 319 g/mol. The summed E-state index contributed by atoms with van der Waals surface area (Å²) in [6, 6.07) is 6.83. The lowest BCUT2D eigenvalue weighted by Gasteiger charge is -2.15. The number of anilines is 1. The van der Waals surface area contributed by atoms with Crippen LogP contribution in [0.5, 0.6) is 0 Å². The quantitative estimate of drug-likeness (QED) is 0.866. The molecular formula is C16H8F3NO3. The van der Waals surface area contributed by atoms with Crippen molar-refractivity contribution in [2.75, 3.05) is 4.90 Å². The van der Waals surface area contributed by atoms with E-state index in [4.69, 9.17) is 0 Å². The van der Waals surface area contributed by atoms with Crippen LogP contribution >= 0.6 is 0 Å². The smallest absolute Gasteiger partial charge is 0.301 e. The molecule has 0 saturated heterocycles. The number of amides is 2. The van der Waals surface area contributed by atoms with Crippen LogP contribution in [0.1, 0.15) is 5.56 Å². The molecule has 1 N–H and O–H groups in total. The summed E-state index contributed by atoms with van der Waals surface area (Å²) in [5, 5.41) is 9.91. The van der Waals surface area contributed by atoms with Crippen LogP contribution in [0.2, 0.25) is 0 Å². The maximum Gasteiger partial charge on any atom is 0.301 e. The molecule has 0 radical (unpaired) electrons. The SMILES string of the molecule is O=C1C(O)=C(c2ccc(F)cc2)C(=O)N1c1ccc(F)cc1F. The number of aliphatic hydroxyl groups excluding tert-OH is 1. The van der Waals surface area contributed by atoms with Gasteiger partial charge in [0.25, 0.3) is 5.91 Å². The Labute approximate surface area is 128 Å². The summed E-state index contributed by atoms with van der Waals surface area (Å²) in [5.74, 6) is -5.57. The van der Waals surface area contributed by atoms with E-state index in [1.165, 1.54) is 12.1 Å². The summed E-state index contributed by atoms with van der Waals surface area (Å²) in [6.07, 6.45) is 0. The first kappa shape index (κ1) is 14.8. The van der Waals surface area contributed by atoms with E-state index in [2.05, 4.69) is 0 Å². The molecule has 3 rings (SSSR count). The van der Waals surface area contributed by atoms with Gasteiger partial charge in [0.1, 0.15) is 17.5 Å². The number of nitrogens with zero attached hydrogens (tertiary/aromatic N) is 1. The molecule has 23 heavy (non-hydrogen) atoms. The van der Waals surface area contributed by atoms with Crippen molar-refractivity contribution in [2.24, 2.45) is 0 Å². The number of rotatable bonds is 2. The average Bonchev–Trinajstić information content (AvgIpc) is 2.72. The zero-order valence-electron chi connectivity index (χ0n) is 11.4. The maximum absolute atomic E-state index is 13.8. The van der Waals surface area contributed by atoms with E-state index < -0.39 is 40.7 Å². The molecule has 0 atom stereocenters. The Hall–Kier alpha value is -3.09. The van der Waals surface area contributed by atoms with Crippen LogP contribution in [0.3, 0.4) is 0 Å². The van der Waals surface area contributed by atoms with Gasteiger partial charge in [0.05, 0.1) is 11.3 Å². The lowest BCUT2D eigenvalue weighted by atomic mass is 10.1. The minimum absolute atomic E-state index is 0.104. The van der Waals surface area contributed by atoms with Crippen molar-refractivity contribution in [2.45, 2.75) is 0 Å². The Kier molecular flexibility index (Phi) is 3.40. The fraction of sp³-hybridized carbons (Fsp3) is 0. The number of carbonyl (C=O) groups excluding carboxylic acids is 2. The summed E-state index contributed by atoms with van der Waals surface area (Å²) < 4.78 is 39.7. The summed E-state index contributed by atoms with van der Waals surface area (Å²) in [7, 11) is 0. The van der Waals surface area contributed by atoms with Crippen LogP contribution in [-0.2, 0) is 9.59 Å². The summed E-state index contributed by atoms with van der Waals surface area (Å²) >= 11 is 0. The second-order valence-corrected chi connectivity index (χ2v) is 4.77. The highest BCUT2D eigenvalue weighted by atomic mass is 19.1. The van der Waals surface area contributed by atoms with Gasteiger partial charge in [-0.05, 0) is 29.8 Å². The van der Waals surface area contributed by atoms with E-state index in [9.17, 15) is 27.9 Å². The van der Waals surface area contributed by atoms with Gasteiger partial charge < -0.3 is 5.11 Å². The molecule has 0 unspecified atom stereocenters. The standard InChI is InChI=1S/C16H8F3NO3/c17-9-3-1-8(2-4-9)13-14(21)16(23)20(15(13)22)12-6-5-10(18)7-11(12)19/h1-7,21H. The molecule has 0 fully saturated rings. The van der Waals surface area contributed by atoms with Crippen molar-refractivity contribution in [3.05, 3.63) is 71.2 Å². The van der Waals surface area contributed by atoms with Crippen LogP contribution in [0.15, 0.2) is 48.2 Å². The van der Waals surface area contributed by atoms with Crippen LogP contribution in [0.4, 0.5) is 18.9 Å². The largest absolute Gasteiger partial charge is 0.502 e. The molecule has 1 aliphatic heterocycles. The van der Waals surface area contributed by atoms with Crippen LogP contribution < -0.4 is 4.90 Å². The van der Waals surface area contributed by atoms with Crippen molar-refractivity contribution < 1.29 is 27.9 Å². The lowest BCUT2D eigenvalue weighted by molar-refractivity contribution is -0.121. The van der Waals surface area contributed by atoms with Gasteiger partial charge >= 0.3 is 5.91 Å². The Morgan fingerprint density at radius 2 is 1.43 bits per heavy atom. The molecule has 7 heteroatoms. The minimum atomic E-state index is -1.14. The van der Waals surface area contributed by atoms with Crippen LogP contribution in [-0.4, -0.2) is 16.9 Å². The summed E-state index contributed by atoms with van der Waals surface area (Å²) in [6.45, 7) is 0. The topological polar surface area (TPSA) is 57.6 Å². The Bertz CT molecular complexity index is 859. The lowest BCUT2D eigenvalue weighted by Crippen LogP contribution is -2.32. The molecule has 1 aliphatic rings. The third kappa shape index (κ3) is 2.36. The van der Waals surface area contributed by atoms with Gasteiger partial charge in [-0.15, -0.1) is 0 Å². The third-order valence-corrected chi connectivity index (χ3v) is 3.34. The van der Waals surface area contributed by atoms with Gasteiger partial charge in [0.15, 0.2) is 5.76 Å². The molecule has 0 aliphatic carbocycles. The highest BCUT2D eigenvalue weighted by Crippen LogP contribution is 2.33. The van der Waals surface area contributed by atoms with Crippen LogP contribution in [0, 0.1) is 17.5 Å². The third-order valence-electron chi connectivity index (χ3n) is 3.34. The molecule has 2 aromatic carbocycles. The molecule has 0 saturated carbocycles. The Morgan fingerprint density at radius 3 is 2.04 bits per heavy atom. The predicted molar refractivity (Wildman–Crippen MR) is 74.8 cm³/mol. The maximum atomic E-state index is 13.8. The predicted octanol–water partition coefficient (Wildman–Crippen LogP) is 2.95. The number of carbonyl (C=O) groups is 2. The van der Waals surface area contributed by atoms with E-state index in [-0.39, 0.29) is 11.1 Å². The molecule has 2 amide bonds. The van der Waals surface area contributed by atoms with E-state index >= 15 is 0 Å². The Balaban J connectivity index is 2.07. The second-order valence-electron chi connectivity index (χ2n) is 4.77. The molecule has 2 aromatic rings. The van der Waals surface area contributed by atoms with Crippen molar-refractivity contribution in [1.82, 2.24) is 0 Å². The van der Waals surface area contributed by atoms with Gasteiger partial charge in [-0.1, -0.05) is 12.1 Å². The van der Waals surface area contributed by atoms with Gasteiger partial charge in [-0.25, -0.2) is 18.1 Å². The first-order valence-electron chi connectivity index (χ1n) is 6.43. The number of aliphatic hydroxyl groups is 1. The van der Waals surface area contributed by atoms with E-state index in [0.29, 0.717) is 11.0 Å². The number of hydrogen-bond donors (Lipinski definition) is 1. The zero-order chi connectivity index (χ0) is 16.7. The second kappa shape index (κ2) is 5.28. The number of halogens is 3. The molecule has 0 aromatic heterocycles. The van der Waals surface area contributed by atoms with E-state index in [0.717, 1.165) is 24.3 Å². The summed E-state index contributed by atoms with van der Waals surface area (Å²) in [5.41, 5.74) is -0.754. The van der Waals surface area contributed by atoms with Gasteiger partial charge in [-0.3, -0.25) is 9.59 Å². The normalized spacial score (nSPS) is 14.8. The molecule has 0 spiro atoms. The molecule has 0 bridgehead atoms. The van der Waals surface area contributed by atoms with Crippen LogP contribution in [0.25, 0.3) is 5.57 Å². The summed E-state index contributed by atoms with van der Waals surface area (Å²) in [4.78, 5) is 24.9. The first-order valence-corrected chi connectivity index (χ1v) is 6.43. The molecular weight excluding hydrogens is 311 g/mol. The molecule has 1 heterocycles. The van der Waals surface area contributed by atoms with Crippen molar-refractivity contribution >= 4 is 23.1 Å². The van der Waals surface area contributed by atoms with Crippen molar-refractivity contribution in [3.8, 4) is 0 Å². The van der Waals surface area contributed by atoms with Gasteiger partial charge in [-0.2, -0.15) is 0 Å². The number of imide groups is 1. The molecule has 4 nitrogen and oxygen atoms in total. The zero-order valence-corrected chi connectivity index (χ0v) is 11.4. The number of hydrogen-bond acceptors (Lipinski definition) is 3. The van der Waals surface area contributed by atoms with Crippen molar-refractivity contribution in [1.29, 1.82) is 0 Å². The van der Waals surface area contributed by atoms with Crippen molar-refractivity contribution in [3.63, 3.8) is 0 Å². The Morgan fingerprint density at radius 1 is 0.826 bits per heavy atom. The average molecular weight is 319 g/mol. The highest BCUT2D eigenvalue weighted by molar-refractivity contribution is 6.44. The fourth-order valence-corrected chi connectivity index (χ4v) is 2.28. The van der Waals surface area contributed by atoms with E-state index in [1.807, 2.05) is 0 Å². The fourth-order valence-electron chi connectivity index (χ4n) is 2.28. The van der Waals surface area contributed by atoms with E-state index in [1.54, 1.807) is 0 Å². The van der Waals surface area contributed by atoms with Gasteiger partial charge in [0, 0.05) is 6.07 Å². The first-order chi connectivity index (χ1) is 10.9. The minimum Gasteiger partial charge on any atom is -0.502 e. The highest BCUT2D eigenvalue weighted by Gasteiger charge is 2.41. The molecule has 116 valence electrons.